The largest absolute Gasteiger partial charge is 0.495 e. The van der Waals surface area contributed by atoms with Crippen LogP contribution in [0.5, 0.6) is 11.5 Å². The fourth-order valence-electron chi connectivity index (χ4n) is 4.82. The third kappa shape index (κ3) is 4.16. The summed E-state index contributed by atoms with van der Waals surface area (Å²) >= 11 is 6.23. The number of piperidine rings is 1. The summed E-state index contributed by atoms with van der Waals surface area (Å²) in [6.07, 6.45) is 1.74. The Bertz CT molecular complexity index is 957. The number of urea groups is 1. The fourth-order valence-corrected chi connectivity index (χ4v) is 5.06. The molecular weight excluding hydrogens is 422 g/mol. The standard InChI is InChI=1S/C21H28ClN5O4/c1-13-24-25-19(31-13)14-11-26(2)12-21(14)5-7-27(8-6-21)20(28)23-16-9-15(22)17(29-3)10-18(16)30-4/h9-10,14H,5-8,11-12H2,1-4H3,(H,23,28)/t14-/m1/s1. The average molecular weight is 450 g/mol. The molecule has 9 nitrogen and oxygen atoms in total. The first-order chi connectivity index (χ1) is 14.8. The maximum atomic E-state index is 13.0. The van der Waals surface area contributed by atoms with E-state index in [2.05, 4.69) is 27.5 Å². The molecule has 4 rings (SSSR count). The van der Waals surface area contributed by atoms with Crippen LogP contribution in [0.3, 0.4) is 0 Å². The Balaban J connectivity index is 1.45. The Morgan fingerprint density at radius 3 is 2.55 bits per heavy atom. The molecule has 2 fully saturated rings. The van der Waals surface area contributed by atoms with Crippen molar-refractivity contribution in [2.45, 2.75) is 25.7 Å². The number of methoxy groups -OCH3 is 2. The second kappa shape index (κ2) is 8.55. The molecule has 0 radical (unpaired) electrons. The third-order valence-electron chi connectivity index (χ3n) is 6.42. The van der Waals surface area contributed by atoms with Gasteiger partial charge >= 0.3 is 6.03 Å². The number of rotatable bonds is 4. The van der Waals surface area contributed by atoms with Gasteiger partial charge in [0.2, 0.25) is 11.8 Å². The van der Waals surface area contributed by atoms with Crippen molar-refractivity contribution in [1.82, 2.24) is 20.0 Å². The molecule has 1 aromatic carbocycles. The third-order valence-corrected chi connectivity index (χ3v) is 6.72. The number of hydrogen-bond donors (Lipinski definition) is 1. The van der Waals surface area contributed by atoms with E-state index < -0.39 is 0 Å². The van der Waals surface area contributed by atoms with Gasteiger partial charge in [-0.2, -0.15) is 0 Å². The number of ether oxygens (including phenoxy) is 2. The van der Waals surface area contributed by atoms with E-state index in [1.54, 1.807) is 19.2 Å². The number of halogens is 1. The maximum absolute atomic E-state index is 13.0. The van der Waals surface area contributed by atoms with Gasteiger partial charge in [0.15, 0.2) is 0 Å². The van der Waals surface area contributed by atoms with Gasteiger partial charge in [-0.1, -0.05) is 11.6 Å². The van der Waals surface area contributed by atoms with Crippen molar-refractivity contribution in [2.75, 3.05) is 52.8 Å². The lowest BCUT2D eigenvalue weighted by Gasteiger charge is -2.41. The number of hydrogen-bond acceptors (Lipinski definition) is 7. The number of anilines is 1. The van der Waals surface area contributed by atoms with E-state index in [1.165, 1.54) is 7.11 Å². The van der Waals surface area contributed by atoms with Crippen LogP contribution in [0.2, 0.25) is 5.02 Å². The Morgan fingerprint density at radius 1 is 1.23 bits per heavy atom. The van der Waals surface area contributed by atoms with E-state index in [1.807, 2.05) is 11.8 Å². The van der Waals surface area contributed by atoms with Gasteiger partial charge in [-0.05, 0) is 31.4 Å². The summed E-state index contributed by atoms with van der Waals surface area (Å²) in [4.78, 5) is 17.1. The summed E-state index contributed by atoms with van der Waals surface area (Å²) < 4.78 is 16.4. The highest BCUT2D eigenvalue weighted by Gasteiger charge is 2.50. The minimum absolute atomic E-state index is 0.0333. The molecule has 31 heavy (non-hydrogen) atoms. The number of nitrogens with one attached hydrogen (secondary N) is 1. The average Bonchev–Trinajstić information content (AvgIpc) is 3.31. The van der Waals surface area contributed by atoms with E-state index >= 15 is 0 Å². The Kier molecular flexibility index (Phi) is 5.98. The SMILES string of the molecule is COc1cc(OC)c(NC(=O)N2CCC3(CC2)CN(C)C[C@@H]3c2nnc(C)o2)cc1Cl. The summed E-state index contributed by atoms with van der Waals surface area (Å²) in [6.45, 7) is 4.95. The zero-order valence-corrected chi connectivity index (χ0v) is 19.0. The number of aryl methyl sites for hydroxylation is 1. The predicted octanol–water partition coefficient (Wildman–Crippen LogP) is 3.39. The molecule has 2 aliphatic heterocycles. The van der Waals surface area contributed by atoms with Gasteiger partial charge in [0.05, 0.1) is 30.8 Å². The second-order valence-corrected chi connectivity index (χ2v) is 8.78. The minimum atomic E-state index is -0.175. The molecule has 1 aromatic heterocycles. The van der Waals surface area contributed by atoms with Gasteiger partial charge in [0.1, 0.15) is 11.5 Å². The summed E-state index contributed by atoms with van der Waals surface area (Å²) in [6, 6.07) is 3.13. The zero-order chi connectivity index (χ0) is 22.2. The molecule has 1 N–H and O–H groups in total. The van der Waals surface area contributed by atoms with E-state index in [4.69, 9.17) is 25.5 Å². The van der Waals surface area contributed by atoms with Crippen molar-refractivity contribution in [1.29, 1.82) is 0 Å². The number of likely N-dealkylation sites (N-methyl/N-ethyl adjacent to an activating group) is 1. The van der Waals surface area contributed by atoms with Crippen molar-refractivity contribution in [3.05, 3.63) is 28.9 Å². The van der Waals surface area contributed by atoms with Crippen LogP contribution >= 0.6 is 11.6 Å². The van der Waals surface area contributed by atoms with Gasteiger partial charge in [-0.25, -0.2) is 4.79 Å². The second-order valence-electron chi connectivity index (χ2n) is 8.38. The van der Waals surface area contributed by atoms with Crippen LogP contribution in [0.4, 0.5) is 10.5 Å². The number of nitrogens with zero attached hydrogens (tertiary/aromatic N) is 4. The molecule has 1 spiro atoms. The first-order valence-corrected chi connectivity index (χ1v) is 10.7. The lowest BCUT2D eigenvalue weighted by molar-refractivity contribution is 0.110. The molecule has 0 aliphatic carbocycles. The van der Waals surface area contributed by atoms with Crippen molar-refractivity contribution >= 4 is 23.3 Å². The Labute approximate surface area is 186 Å². The molecule has 2 amide bonds. The molecule has 2 aromatic rings. The lowest BCUT2D eigenvalue weighted by atomic mass is 9.71. The van der Waals surface area contributed by atoms with Crippen molar-refractivity contribution in [3.8, 4) is 11.5 Å². The van der Waals surface area contributed by atoms with Crippen molar-refractivity contribution < 1.29 is 18.7 Å². The highest BCUT2D eigenvalue weighted by atomic mass is 35.5. The molecule has 168 valence electrons. The van der Waals surface area contributed by atoms with Crippen molar-refractivity contribution in [2.24, 2.45) is 5.41 Å². The fraction of sp³-hybridized carbons (Fsp3) is 0.571. The first kappa shape index (κ1) is 21.7. The molecule has 2 saturated heterocycles. The Morgan fingerprint density at radius 2 is 1.94 bits per heavy atom. The van der Waals surface area contributed by atoms with E-state index in [0.29, 0.717) is 47.1 Å². The molecule has 1 atom stereocenters. The van der Waals surface area contributed by atoms with Crippen molar-refractivity contribution in [3.63, 3.8) is 0 Å². The molecule has 0 saturated carbocycles. The number of carbonyl (C=O) groups is 1. The zero-order valence-electron chi connectivity index (χ0n) is 18.3. The van der Waals surface area contributed by atoms with Gasteiger partial charge < -0.3 is 29.0 Å². The number of benzene rings is 1. The number of carbonyl (C=O) groups excluding carboxylic acids is 1. The quantitative estimate of drug-likeness (QED) is 0.764. The number of aromatic nitrogens is 2. The minimum Gasteiger partial charge on any atom is -0.495 e. The van der Waals surface area contributed by atoms with Crippen LogP contribution in [0.25, 0.3) is 0 Å². The first-order valence-electron chi connectivity index (χ1n) is 10.3. The maximum Gasteiger partial charge on any atom is 0.321 e. The topological polar surface area (TPSA) is 93.0 Å². The van der Waals surface area contributed by atoms with E-state index in [9.17, 15) is 4.79 Å². The van der Waals surface area contributed by atoms with Crippen LogP contribution in [0.15, 0.2) is 16.5 Å². The van der Waals surface area contributed by atoms with Gasteiger partial charge in [0.25, 0.3) is 0 Å². The van der Waals surface area contributed by atoms with Crippen LogP contribution in [0, 0.1) is 12.3 Å². The smallest absolute Gasteiger partial charge is 0.321 e. The lowest BCUT2D eigenvalue weighted by Crippen LogP contribution is -2.47. The summed E-state index contributed by atoms with van der Waals surface area (Å²) in [5.41, 5.74) is 0.546. The highest BCUT2D eigenvalue weighted by Crippen LogP contribution is 2.49. The van der Waals surface area contributed by atoms with E-state index in [-0.39, 0.29) is 17.4 Å². The molecule has 0 unspecified atom stereocenters. The summed E-state index contributed by atoms with van der Waals surface area (Å²) in [7, 11) is 5.19. The number of likely N-dealkylation sites (tertiary alicyclic amines) is 2. The monoisotopic (exact) mass is 449 g/mol. The van der Waals surface area contributed by atoms with Crippen LogP contribution < -0.4 is 14.8 Å². The summed E-state index contributed by atoms with van der Waals surface area (Å²) in [5.74, 6) is 2.46. The molecular formula is C21H28ClN5O4. The molecule has 3 heterocycles. The van der Waals surface area contributed by atoms with Gasteiger partial charge in [-0.3, -0.25) is 0 Å². The molecule has 2 aliphatic rings. The van der Waals surface area contributed by atoms with E-state index in [0.717, 1.165) is 25.9 Å². The molecule has 0 bridgehead atoms. The normalized spacial score (nSPS) is 20.8. The number of amides is 2. The van der Waals surface area contributed by atoms with Gasteiger partial charge in [-0.15, -0.1) is 10.2 Å². The molecule has 10 heteroatoms. The summed E-state index contributed by atoms with van der Waals surface area (Å²) in [5, 5.41) is 11.6. The highest BCUT2D eigenvalue weighted by molar-refractivity contribution is 6.32. The Hall–Kier alpha value is -2.52. The van der Waals surface area contributed by atoms with Crippen LogP contribution in [-0.2, 0) is 0 Å². The van der Waals surface area contributed by atoms with Crippen LogP contribution in [0.1, 0.15) is 30.5 Å². The van der Waals surface area contributed by atoms with Crippen LogP contribution in [-0.4, -0.2) is 73.5 Å². The van der Waals surface area contributed by atoms with Gasteiger partial charge in [0, 0.05) is 39.2 Å². The predicted molar refractivity (Wildman–Crippen MR) is 116 cm³/mol.